The Morgan fingerprint density at radius 2 is 1.64 bits per heavy atom. The Bertz CT molecular complexity index is 589. The topological polar surface area (TPSA) is 58.2 Å². The van der Waals surface area contributed by atoms with Crippen molar-refractivity contribution in [2.75, 3.05) is 13.1 Å². The van der Waals surface area contributed by atoms with Gasteiger partial charge in [0.15, 0.2) is 0 Å². The molecule has 6 heteroatoms. The summed E-state index contributed by atoms with van der Waals surface area (Å²) >= 11 is 0. The lowest BCUT2D eigenvalue weighted by Crippen LogP contribution is -2.39. The minimum Gasteiger partial charge on any atom is -0.317 e. The Balaban J connectivity index is 1.88. The fourth-order valence-corrected chi connectivity index (χ4v) is 3.32. The second-order valence-electron chi connectivity index (χ2n) is 5.93. The van der Waals surface area contributed by atoms with Crippen molar-refractivity contribution in [3.05, 3.63) is 34.9 Å². The van der Waals surface area contributed by atoms with Crippen molar-refractivity contribution in [1.82, 2.24) is 10.6 Å². The highest BCUT2D eigenvalue weighted by molar-refractivity contribution is 6.00. The van der Waals surface area contributed by atoms with Gasteiger partial charge in [-0.15, -0.1) is 0 Å². The number of benzene rings is 1. The van der Waals surface area contributed by atoms with E-state index in [0.717, 1.165) is 13.1 Å². The van der Waals surface area contributed by atoms with Crippen molar-refractivity contribution in [2.45, 2.75) is 37.5 Å². The van der Waals surface area contributed by atoms with Crippen molar-refractivity contribution >= 4 is 11.8 Å². The summed E-state index contributed by atoms with van der Waals surface area (Å²) in [6.07, 6.45) is 1.88. The highest BCUT2D eigenvalue weighted by Crippen LogP contribution is 2.33. The van der Waals surface area contributed by atoms with Gasteiger partial charge < -0.3 is 5.32 Å². The summed E-state index contributed by atoms with van der Waals surface area (Å²) in [7, 11) is 0. The molecular formula is C16H18F2N2O2. The molecule has 1 aromatic rings. The quantitative estimate of drug-likeness (QED) is 0.821. The van der Waals surface area contributed by atoms with Crippen LogP contribution in [-0.4, -0.2) is 24.9 Å². The van der Waals surface area contributed by atoms with Gasteiger partial charge in [0.25, 0.3) is 0 Å². The number of imide groups is 1. The lowest BCUT2D eigenvalue weighted by molar-refractivity contribution is -0.134. The Labute approximate surface area is 127 Å². The maximum absolute atomic E-state index is 14.4. The molecule has 0 spiro atoms. The molecule has 22 heavy (non-hydrogen) atoms. The number of carbonyl (C=O) groups excluding carboxylic acids is 2. The molecule has 2 saturated heterocycles. The summed E-state index contributed by atoms with van der Waals surface area (Å²) in [6, 6.07) is 2.50. The normalized spacial score (nSPS) is 23.5. The van der Waals surface area contributed by atoms with E-state index in [0.29, 0.717) is 18.4 Å². The zero-order chi connectivity index (χ0) is 15.7. The number of halogens is 2. The summed E-state index contributed by atoms with van der Waals surface area (Å²) < 4.78 is 28.8. The van der Waals surface area contributed by atoms with E-state index in [1.54, 1.807) is 0 Å². The maximum Gasteiger partial charge on any atom is 0.234 e. The minimum absolute atomic E-state index is 0.123. The average Bonchev–Trinajstić information content (AvgIpc) is 2.47. The molecule has 0 bridgehead atoms. The van der Waals surface area contributed by atoms with E-state index in [-0.39, 0.29) is 30.2 Å². The minimum atomic E-state index is -0.663. The predicted molar refractivity (Wildman–Crippen MR) is 76.3 cm³/mol. The molecule has 2 amide bonds. The van der Waals surface area contributed by atoms with Crippen LogP contribution in [0.2, 0.25) is 0 Å². The first-order valence-electron chi connectivity index (χ1n) is 7.59. The number of hydrogen-bond donors (Lipinski definition) is 2. The van der Waals surface area contributed by atoms with Crippen LogP contribution in [0.1, 0.15) is 48.6 Å². The van der Waals surface area contributed by atoms with Crippen LogP contribution in [0.3, 0.4) is 0 Å². The van der Waals surface area contributed by atoms with Crippen LogP contribution in [0.25, 0.3) is 0 Å². The van der Waals surface area contributed by atoms with Gasteiger partial charge in [-0.05, 0) is 56.0 Å². The largest absolute Gasteiger partial charge is 0.317 e. The van der Waals surface area contributed by atoms with Gasteiger partial charge in [0, 0.05) is 12.0 Å². The van der Waals surface area contributed by atoms with Crippen LogP contribution in [0, 0.1) is 11.6 Å². The molecule has 1 unspecified atom stereocenters. The lowest BCUT2D eigenvalue weighted by atomic mass is 9.85. The SMILES string of the molecule is O=C1CCC(c2cc(F)c(C3CCNCC3)c(F)c2)C(=O)N1. The maximum atomic E-state index is 14.4. The number of hydrogen-bond acceptors (Lipinski definition) is 3. The van der Waals surface area contributed by atoms with Gasteiger partial charge in [-0.1, -0.05) is 0 Å². The number of rotatable bonds is 2. The molecular weight excluding hydrogens is 290 g/mol. The second-order valence-corrected chi connectivity index (χ2v) is 5.93. The van der Waals surface area contributed by atoms with E-state index in [4.69, 9.17) is 0 Å². The molecule has 1 atom stereocenters. The summed E-state index contributed by atoms with van der Waals surface area (Å²) in [6.45, 7) is 1.50. The van der Waals surface area contributed by atoms with Gasteiger partial charge in [0.05, 0.1) is 5.92 Å². The van der Waals surface area contributed by atoms with Crippen molar-refractivity contribution in [3.8, 4) is 0 Å². The first-order valence-corrected chi connectivity index (χ1v) is 7.59. The zero-order valence-corrected chi connectivity index (χ0v) is 12.1. The Morgan fingerprint density at radius 1 is 1.00 bits per heavy atom. The van der Waals surface area contributed by atoms with Crippen LogP contribution < -0.4 is 10.6 Å². The van der Waals surface area contributed by atoms with Gasteiger partial charge >= 0.3 is 0 Å². The van der Waals surface area contributed by atoms with E-state index in [1.165, 1.54) is 12.1 Å². The van der Waals surface area contributed by atoms with E-state index >= 15 is 0 Å². The third kappa shape index (κ3) is 2.88. The molecule has 2 aliphatic rings. The summed E-state index contributed by atoms with van der Waals surface area (Å²) in [4.78, 5) is 23.0. The lowest BCUT2D eigenvalue weighted by Gasteiger charge is -2.25. The smallest absolute Gasteiger partial charge is 0.234 e. The van der Waals surface area contributed by atoms with Gasteiger partial charge in [0.1, 0.15) is 11.6 Å². The molecule has 118 valence electrons. The number of nitrogens with one attached hydrogen (secondary N) is 2. The van der Waals surface area contributed by atoms with Crippen LogP contribution in [0.4, 0.5) is 8.78 Å². The Hall–Kier alpha value is -1.82. The second kappa shape index (κ2) is 6.12. The molecule has 2 N–H and O–H groups in total. The molecule has 0 radical (unpaired) electrons. The summed E-state index contributed by atoms with van der Waals surface area (Å²) in [5.74, 6) is -2.79. The van der Waals surface area contributed by atoms with Crippen molar-refractivity contribution in [2.24, 2.45) is 0 Å². The van der Waals surface area contributed by atoms with Crippen molar-refractivity contribution in [3.63, 3.8) is 0 Å². The summed E-state index contributed by atoms with van der Waals surface area (Å²) in [5.41, 5.74) is 0.426. The van der Waals surface area contributed by atoms with E-state index < -0.39 is 23.5 Å². The molecule has 0 saturated carbocycles. The van der Waals surface area contributed by atoms with Crippen LogP contribution in [-0.2, 0) is 9.59 Å². The highest BCUT2D eigenvalue weighted by Gasteiger charge is 2.30. The van der Waals surface area contributed by atoms with Gasteiger partial charge in [0.2, 0.25) is 11.8 Å². The van der Waals surface area contributed by atoms with Gasteiger partial charge in [-0.25, -0.2) is 8.78 Å². The highest BCUT2D eigenvalue weighted by atomic mass is 19.1. The van der Waals surface area contributed by atoms with E-state index in [2.05, 4.69) is 10.6 Å². The molecule has 0 aromatic heterocycles. The zero-order valence-electron chi connectivity index (χ0n) is 12.1. The van der Waals surface area contributed by atoms with Crippen LogP contribution >= 0.6 is 0 Å². The summed E-state index contributed by atoms with van der Waals surface area (Å²) in [5, 5.41) is 5.38. The fraction of sp³-hybridized carbons (Fsp3) is 0.500. The van der Waals surface area contributed by atoms with E-state index in [1.807, 2.05) is 0 Å². The molecule has 3 rings (SSSR count). The third-order valence-electron chi connectivity index (χ3n) is 4.49. The standard InChI is InChI=1S/C16H18F2N2O2/c17-12-7-10(11-1-2-14(21)20-16(11)22)8-13(18)15(12)9-3-5-19-6-4-9/h7-9,11,19H,1-6H2,(H,20,21,22). The Morgan fingerprint density at radius 3 is 2.23 bits per heavy atom. The van der Waals surface area contributed by atoms with Crippen molar-refractivity contribution in [1.29, 1.82) is 0 Å². The predicted octanol–water partition coefficient (Wildman–Crippen LogP) is 1.95. The molecule has 1 aromatic carbocycles. The van der Waals surface area contributed by atoms with E-state index in [9.17, 15) is 18.4 Å². The number of amides is 2. The fourth-order valence-electron chi connectivity index (χ4n) is 3.32. The molecule has 4 nitrogen and oxygen atoms in total. The molecule has 2 heterocycles. The first kappa shape index (κ1) is 15.1. The molecule has 0 aliphatic carbocycles. The molecule has 2 fully saturated rings. The van der Waals surface area contributed by atoms with Crippen molar-refractivity contribution < 1.29 is 18.4 Å². The van der Waals surface area contributed by atoms with Crippen LogP contribution in [0.5, 0.6) is 0 Å². The number of carbonyl (C=O) groups is 2. The van der Waals surface area contributed by atoms with Gasteiger partial charge in [-0.3, -0.25) is 14.9 Å². The number of piperidine rings is 2. The Kier molecular flexibility index (Phi) is 4.20. The first-order chi connectivity index (χ1) is 10.6. The average molecular weight is 308 g/mol. The molecule has 2 aliphatic heterocycles. The third-order valence-corrected chi connectivity index (χ3v) is 4.49. The van der Waals surface area contributed by atoms with Crippen LogP contribution in [0.15, 0.2) is 12.1 Å². The monoisotopic (exact) mass is 308 g/mol. The van der Waals surface area contributed by atoms with Gasteiger partial charge in [-0.2, -0.15) is 0 Å².